The van der Waals surface area contributed by atoms with Gasteiger partial charge in [0, 0.05) is 12.6 Å². The third-order valence-electron chi connectivity index (χ3n) is 3.02. The standard InChI is InChI=1S/C12H13N5O2S/c1-7-5-17-10(12(19)14-7)9(15-16-17)11(18)13-4-8-2-3-20-6-8/h2-3,6-7H,4-5H2,1H3,(H,13,18)(H,14,19)/t7-/m0/s1. The molecule has 0 spiro atoms. The first-order valence-electron chi connectivity index (χ1n) is 6.19. The van der Waals surface area contributed by atoms with Gasteiger partial charge in [0.15, 0.2) is 11.4 Å². The lowest BCUT2D eigenvalue weighted by atomic mass is 10.2. The molecule has 0 unspecified atom stereocenters. The molecule has 8 heteroatoms. The van der Waals surface area contributed by atoms with E-state index >= 15 is 0 Å². The number of thiophene rings is 1. The van der Waals surface area contributed by atoms with Crippen LogP contribution in [0.15, 0.2) is 16.8 Å². The fourth-order valence-electron chi connectivity index (χ4n) is 2.08. The highest BCUT2D eigenvalue weighted by atomic mass is 32.1. The molecule has 0 aliphatic carbocycles. The zero-order chi connectivity index (χ0) is 14.1. The molecule has 2 N–H and O–H groups in total. The van der Waals surface area contributed by atoms with Gasteiger partial charge in [-0.15, -0.1) is 5.10 Å². The monoisotopic (exact) mass is 291 g/mol. The summed E-state index contributed by atoms with van der Waals surface area (Å²) in [6, 6.07) is 1.92. The first-order valence-corrected chi connectivity index (χ1v) is 7.13. The highest BCUT2D eigenvalue weighted by Gasteiger charge is 2.30. The average molecular weight is 291 g/mol. The van der Waals surface area contributed by atoms with Crippen LogP contribution in [0.2, 0.25) is 0 Å². The second-order valence-corrected chi connectivity index (χ2v) is 5.44. The van der Waals surface area contributed by atoms with Crippen molar-refractivity contribution < 1.29 is 9.59 Å². The summed E-state index contributed by atoms with van der Waals surface area (Å²) in [5, 5.41) is 17.1. The second kappa shape index (κ2) is 5.04. The van der Waals surface area contributed by atoms with E-state index in [4.69, 9.17) is 0 Å². The number of nitrogens with one attached hydrogen (secondary N) is 2. The molecule has 0 bridgehead atoms. The fourth-order valence-corrected chi connectivity index (χ4v) is 2.74. The first kappa shape index (κ1) is 12.8. The van der Waals surface area contributed by atoms with Gasteiger partial charge < -0.3 is 10.6 Å². The van der Waals surface area contributed by atoms with E-state index in [-0.39, 0.29) is 29.2 Å². The Bertz CT molecular complexity index is 649. The van der Waals surface area contributed by atoms with Gasteiger partial charge in [0.2, 0.25) is 0 Å². The van der Waals surface area contributed by atoms with Crippen molar-refractivity contribution in [3.63, 3.8) is 0 Å². The molecule has 1 aliphatic heterocycles. The van der Waals surface area contributed by atoms with E-state index < -0.39 is 0 Å². The smallest absolute Gasteiger partial charge is 0.274 e. The van der Waals surface area contributed by atoms with Crippen LogP contribution in [0.1, 0.15) is 33.5 Å². The topological polar surface area (TPSA) is 88.9 Å². The van der Waals surface area contributed by atoms with Crippen LogP contribution in [0.5, 0.6) is 0 Å². The molecule has 7 nitrogen and oxygen atoms in total. The Kier molecular flexibility index (Phi) is 3.23. The summed E-state index contributed by atoms with van der Waals surface area (Å²) in [6.07, 6.45) is 0. The molecule has 1 aliphatic rings. The minimum Gasteiger partial charge on any atom is -0.346 e. The normalized spacial score (nSPS) is 17.4. The number of hydrogen-bond donors (Lipinski definition) is 2. The van der Waals surface area contributed by atoms with Crippen LogP contribution in [0.25, 0.3) is 0 Å². The lowest BCUT2D eigenvalue weighted by molar-refractivity contribution is 0.0880. The number of aromatic nitrogens is 3. The van der Waals surface area contributed by atoms with E-state index in [1.54, 1.807) is 11.3 Å². The maximum atomic E-state index is 12.1. The highest BCUT2D eigenvalue weighted by Crippen LogP contribution is 2.12. The molecule has 3 heterocycles. The number of carbonyl (C=O) groups excluding carboxylic acids is 2. The molecular formula is C12H13N5O2S. The highest BCUT2D eigenvalue weighted by molar-refractivity contribution is 7.07. The maximum Gasteiger partial charge on any atom is 0.274 e. The van der Waals surface area contributed by atoms with Crippen molar-refractivity contribution in [2.45, 2.75) is 26.1 Å². The number of rotatable bonds is 3. The number of amides is 2. The van der Waals surface area contributed by atoms with E-state index in [0.717, 1.165) is 5.56 Å². The molecule has 2 aromatic heterocycles. The van der Waals surface area contributed by atoms with Crippen molar-refractivity contribution in [2.24, 2.45) is 0 Å². The summed E-state index contributed by atoms with van der Waals surface area (Å²) in [7, 11) is 0. The van der Waals surface area contributed by atoms with E-state index in [1.807, 2.05) is 23.8 Å². The summed E-state index contributed by atoms with van der Waals surface area (Å²) in [4.78, 5) is 24.0. The van der Waals surface area contributed by atoms with E-state index in [0.29, 0.717) is 13.1 Å². The first-order chi connectivity index (χ1) is 9.65. The third-order valence-corrected chi connectivity index (χ3v) is 3.75. The van der Waals surface area contributed by atoms with Crippen molar-refractivity contribution in [2.75, 3.05) is 0 Å². The van der Waals surface area contributed by atoms with Crippen molar-refractivity contribution in [1.29, 1.82) is 0 Å². The maximum absolute atomic E-state index is 12.1. The summed E-state index contributed by atoms with van der Waals surface area (Å²) in [5.41, 5.74) is 1.32. The number of hydrogen-bond acceptors (Lipinski definition) is 5. The zero-order valence-corrected chi connectivity index (χ0v) is 11.6. The fraction of sp³-hybridized carbons (Fsp3) is 0.333. The quantitative estimate of drug-likeness (QED) is 0.857. The van der Waals surface area contributed by atoms with Crippen LogP contribution in [-0.2, 0) is 13.1 Å². The van der Waals surface area contributed by atoms with Gasteiger partial charge in [-0.05, 0) is 29.3 Å². The SMILES string of the molecule is C[C@H]1Cn2nnc(C(=O)NCc3ccsc3)c2C(=O)N1. The van der Waals surface area contributed by atoms with Crippen LogP contribution in [0.3, 0.4) is 0 Å². The third kappa shape index (κ3) is 2.29. The Morgan fingerprint density at radius 1 is 1.65 bits per heavy atom. The van der Waals surface area contributed by atoms with Crippen molar-refractivity contribution in [3.8, 4) is 0 Å². The molecule has 20 heavy (non-hydrogen) atoms. The Labute approximate surface area is 119 Å². The Morgan fingerprint density at radius 2 is 2.50 bits per heavy atom. The van der Waals surface area contributed by atoms with Gasteiger partial charge in [-0.2, -0.15) is 11.3 Å². The minimum absolute atomic E-state index is 0.0154. The molecule has 2 aromatic rings. The molecule has 0 saturated heterocycles. The van der Waals surface area contributed by atoms with Crippen LogP contribution in [0, 0.1) is 0 Å². The van der Waals surface area contributed by atoms with Crippen LogP contribution < -0.4 is 10.6 Å². The van der Waals surface area contributed by atoms with Gasteiger partial charge >= 0.3 is 0 Å². The van der Waals surface area contributed by atoms with Gasteiger partial charge in [0.25, 0.3) is 11.8 Å². The number of fused-ring (bicyclic) bond motifs is 1. The predicted octanol–water partition coefficient (Wildman–Crippen LogP) is 0.401. The Morgan fingerprint density at radius 3 is 3.25 bits per heavy atom. The summed E-state index contributed by atoms with van der Waals surface area (Å²) >= 11 is 1.56. The molecule has 104 valence electrons. The van der Waals surface area contributed by atoms with Crippen LogP contribution >= 0.6 is 11.3 Å². The molecule has 0 saturated carbocycles. The molecular weight excluding hydrogens is 278 g/mol. The van der Waals surface area contributed by atoms with Gasteiger partial charge in [-0.1, -0.05) is 5.21 Å². The van der Waals surface area contributed by atoms with Crippen molar-refractivity contribution in [3.05, 3.63) is 33.8 Å². The lowest BCUT2D eigenvalue weighted by Gasteiger charge is -2.20. The van der Waals surface area contributed by atoms with Crippen LogP contribution in [0.4, 0.5) is 0 Å². The largest absolute Gasteiger partial charge is 0.346 e. The van der Waals surface area contributed by atoms with Gasteiger partial charge in [-0.25, -0.2) is 4.68 Å². The van der Waals surface area contributed by atoms with Crippen LogP contribution in [-0.4, -0.2) is 32.9 Å². The van der Waals surface area contributed by atoms with Crippen molar-refractivity contribution in [1.82, 2.24) is 25.6 Å². The van der Waals surface area contributed by atoms with E-state index in [2.05, 4.69) is 20.9 Å². The number of nitrogens with zero attached hydrogens (tertiary/aromatic N) is 3. The number of carbonyl (C=O) groups is 2. The minimum atomic E-state index is -0.387. The van der Waals surface area contributed by atoms with Crippen molar-refractivity contribution >= 4 is 23.2 Å². The van der Waals surface area contributed by atoms with Gasteiger partial charge in [0.1, 0.15) is 0 Å². The Balaban J connectivity index is 1.77. The predicted molar refractivity (Wildman–Crippen MR) is 72.4 cm³/mol. The summed E-state index contributed by atoms with van der Waals surface area (Å²) in [5.74, 6) is -0.698. The summed E-state index contributed by atoms with van der Waals surface area (Å²) < 4.78 is 1.48. The molecule has 1 atom stereocenters. The average Bonchev–Trinajstić information content (AvgIpc) is 3.04. The van der Waals surface area contributed by atoms with E-state index in [9.17, 15) is 9.59 Å². The zero-order valence-electron chi connectivity index (χ0n) is 10.8. The van der Waals surface area contributed by atoms with E-state index in [1.165, 1.54) is 4.68 Å². The molecule has 0 radical (unpaired) electrons. The molecule has 3 rings (SSSR count). The Hall–Kier alpha value is -2.22. The summed E-state index contributed by atoms with van der Waals surface area (Å²) in [6.45, 7) is 2.80. The second-order valence-electron chi connectivity index (χ2n) is 4.66. The lowest BCUT2D eigenvalue weighted by Crippen LogP contribution is -2.43. The molecule has 0 fully saturated rings. The van der Waals surface area contributed by atoms with Gasteiger partial charge in [-0.3, -0.25) is 9.59 Å². The molecule has 0 aromatic carbocycles. The van der Waals surface area contributed by atoms with Gasteiger partial charge in [0.05, 0.1) is 6.54 Å². The molecule has 2 amide bonds.